The summed E-state index contributed by atoms with van der Waals surface area (Å²) in [5, 5.41) is 0. The highest BCUT2D eigenvalue weighted by Crippen LogP contribution is 2.38. The summed E-state index contributed by atoms with van der Waals surface area (Å²) in [6.07, 6.45) is 34.4. The molecule has 0 saturated carbocycles. The first kappa shape index (κ1) is 41.2. The number of carbonyl (C=O) groups is 1. The normalized spacial score (nSPS) is 15.0. The topological polar surface area (TPSA) is 94.1 Å². The monoisotopic (exact) mass is 625 g/mol. The van der Waals surface area contributed by atoms with E-state index in [4.69, 9.17) is 18.5 Å². The number of likely N-dealkylation sites (N-methyl/N-ethyl adjacent to an activating group) is 1. The minimum atomic E-state index is -4.48. The van der Waals surface area contributed by atoms with Crippen molar-refractivity contribution in [1.29, 1.82) is 0 Å². The molecule has 0 saturated heterocycles. The third-order valence-electron chi connectivity index (χ3n) is 6.13. The molecule has 0 spiro atoms. The van der Waals surface area contributed by atoms with Gasteiger partial charge < -0.3 is 27.9 Å². The van der Waals surface area contributed by atoms with Crippen LogP contribution in [0.4, 0.5) is 0 Å². The summed E-state index contributed by atoms with van der Waals surface area (Å²) in [6, 6.07) is 0. The Bertz CT molecular complexity index is 874. The maximum Gasteiger partial charge on any atom is 0.303 e. The minimum absolute atomic E-state index is 0.0163. The van der Waals surface area contributed by atoms with E-state index in [9.17, 15) is 14.3 Å². The number of hydrogen-bond acceptors (Lipinski definition) is 7. The van der Waals surface area contributed by atoms with Gasteiger partial charge in [-0.2, -0.15) is 0 Å². The maximum atomic E-state index is 12.0. The summed E-state index contributed by atoms with van der Waals surface area (Å²) in [6.45, 7) is 4.21. The van der Waals surface area contributed by atoms with Gasteiger partial charge in [0.05, 0.1) is 34.4 Å². The van der Waals surface area contributed by atoms with Gasteiger partial charge in [-0.25, -0.2) is 0 Å². The third kappa shape index (κ3) is 32.9. The van der Waals surface area contributed by atoms with Crippen molar-refractivity contribution in [2.45, 2.75) is 97.0 Å². The number of phosphoric acid groups is 1. The summed E-state index contributed by atoms with van der Waals surface area (Å²) in [4.78, 5) is 23.3. The molecule has 0 radical (unpaired) electrons. The van der Waals surface area contributed by atoms with E-state index >= 15 is 0 Å². The van der Waals surface area contributed by atoms with E-state index in [1.807, 2.05) is 21.1 Å². The predicted octanol–water partition coefficient (Wildman–Crippen LogP) is 7.62. The Balaban J connectivity index is 3.78. The Morgan fingerprint density at radius 1 is 0.721 bits per heavy atom. The van der Waals surface area contributed by atoms with Gasteiger partial charge in [-0.05, 0) is 51.4 Å². The molecule has 2 atom stereocenters. The molecule has 0 aliphatic heterocycles. The van der Waals surface area contributed by atoms with Gasteiger partial charge in [0, 0.05) is 13.5 Å². The number of allylic oxidation sites excluding steroid dienone is 10. The summed E-state index contributed by atoms with van der Waals surface area (Å²) in [7, 11) is 1.32. The van der Waals surface area contributed by atoms with Crippen LogP contribution in [0.2, 0.25) is 0 Å². The average Bonchev–Trinajstić information content (AvgIpc) is 2.93. The van der Waals surface area contributed by atoms with Crippen molar-refractivity contribution in [3.05, 3.63) is 60.8 Å². The highest BCUT2D eigenvalue weighted by atomic mass is 31.2. The van der Waals surface area contributed by atoms with Crippen LogP contribution in [-0.4, -0.2) is 70.7 Å². The second kappa shape index (κ2) is 27.7. The van der Waals surface area contributed by atoms with Crippen LogP contribution in [0, 0.1) is 0 Å². The van der Waals surface area contributed by atoms with Crippen molar-refractivity contribution in [2.24, 2.45) is 0 Å². The quantitative estimate of drug-likeness (QED) is 0.0290. The second-order valence-electron chi connectivity index (χ2n) is 11.5. The molecule has 0 fully saturated rings. The molecule has 0 aromatic heterocycles. The van der Waals surface area contributed by atoms with Crippen molar-refractivity contribution in [3.63, 3.8) is 0 Å². The number of carbonyl (C=O) groups excluding carboxylic acids is 1. The van der Waals surface area contributed by atoms with Gasteiger partial charge in [-0.3, -0.25) is 9.36 Å². The molecule has 0 aliphatic carbocycles. The second-order valence-corrected chi connectivity index (χ2v) is 12.9. The third-order valence-corrected chi connectivity index (χ3v) is 7.10. The van der Waals surface area contributed by atoms with E-state index in [0.29, 0.717) is 17.6 Å². The average molecular weight is 626 g/mol. The first-order chi connectivity index (χ1) is 20.6. The number of ether oxygens (including phenoxy) is 2. The van der Waals surface area contributed by atoms with E-state index in [2.05, 4.69) is 67.7 Å². The zero-order valence-corrected chi connectivity index (χ0v) is 28.5. The van der Waals surface area contributed by atoms with Crippen LogP contribution in [0.3, 0.4) is 0 Å². The van der Waals surface area contributed by atoms with E-state index in [1.54, 1.807) is 0 Å². The van der Waals surface area contributed by atoms with Crippen LogP contribution in [0.15, 0.2) is 60.8 Å². The van der Waals surface area contributed by atoms with E-state index in [-0.39, 0.29) is 19.8 Å². The predicted molar refractivity (Wildman–Crippen MR) is 176 cm³/mol. The Morgan fingerprint density at radius 3 is 1.77 bits per heavy atom. The Kier molecular flexibility index (Phi) is 26.6. The van der Waals surface area contributed by atoms with Crippen molar-refractivity contribution >= 4 is 13.8 Å². The van der Waals surface area contributed by atoms with Crippen LogP contribution in [0.25, 0.3) is 0 Å². The standard InChI is InChI=1S/C34H60NO7P/c1-6-7-8-9-10-11-12-13-14-15-16-17-18-19-20-21-22-23-24-25-26-27-29-39-31-34(42-33(2)36)32-41-43(37,38)40-30-28-35(3,4)5/h7-8,10-11,13-14,16-17,19-20,34H,6,9,12,15,18,21-32H2,1-5H3/b8-7-,11-10-,14-13-,17-16-,20-19-. The van der Waals surface area contributed by atoms with Crippen LogP contribution in [0.1, 0.15) is 90.9 Å². The summed E-state index contributed by atoms with van der Waals surface area (Å²) in [5.41, 5.74) is 0. The van der Waals surface area contributed by atoms with Gasteiger partial charge in [-0.1, -0.05) is 93.4 Å². The van der Waals surface area contributed by atoms with Crippen molar-refractivity contribution < 1.29 is 37.3 Å². The van der Waals surface area contributed by atoms with Gasteiger partial charge in [-0.15, -0.1) is 0 Å². The summed E-state index contributed by atoms with van der Waals surface area (Å²) in [5.74, 6) is -0.520. The lowest BCUT2D eigenvalue weighted by Gasteiger charge is -2.28. The molecule has 8 nitrogen and oxygen atoms in total. The molecule has 0 aromatic rings. The molecule has 0 aromatic carbocycles. The first-order valence-corrected chi connectivity index (χ1v) is 17.4. The molecule has 0 N–H and O–H groups in total. The molecular formula is C34H60NO7P. The molecule has 0 heterocycles. The van der Waals surface area contributed by atoms with Gasteiger partial charge in [0.1, 0.15) is 19.3 Å². The number of nitrogens with zero attached hydrogens (tertiary/aromatic N) is 1. The summed E-state index contributed by atoms with van der Waals surface area (Å²) >= 11 is 0. The van der Waals surface area contributed by atoms with Crippen LogP contribution in [-0.2, 0) is 27.9 Å². The number of hydrogen-bond donors (Lipinski definition) is 0. The SMILES string of the molecule is CC/C=C\C/C=C\C/C=C\C/C=C\C/C=C\CCCCCCCCOCC(COP(=O)([O-])OCC[N+](C)(C)C)OC(C)=O. The molecule has 43 heavy (non-hydrogen) atoms. The van der Waals surface area contributed by atoms with Crippen molar-refractivity contribution in [2.75, 3.05) is 54.1 Å². The number of esters is 1. The number of unbranched alkanes of at least 4 members (excludes halogenated alkanes) is 6. The van der Waals surface area contributed by atoms with Gasteiger partial charge >= 0.3 is 5.97 Å². The Morgan fingerprint density at radius 2 is 1.23 bits per heavy atom. The Hall–Kier alpha value is -1.80. The van der Waals surface area contributed by atoms with Gasteiger partial charge in [0.15, 0.2) is 0 Å². The molecule has 0 rings (SSSR count). The molecule has 2 unspecified atom stereocenters. The lowest BCUT2D eigenvalue weighted by molar-refractivity contribution is -0.870. The zero-order chi connectivity index (χ0) is 32.1. The number of phosphoric ester groups is 1. The molecule has 0 aliphatic rings. The van der Waals surface area contributed by atoms with Crippen molar-refractivity contribution in [3.8, 4) is 0 Å². The molecule has 248 valence electrons. The largest absolute Gasteiger partial charge is 0.756 e. The molecule has 9 heteroatoms. The van der Waals surface area contributed by atoms with Crippen LogP contribution in [0.5, 0.6) is 0 Å². The zero-order valence-electron chi connectivity index (χ0n) is 27.6. The van der Waals surface area contributed by atoms with Crippen LogP contribution < -0.4 is 4.89 Å². The van der Waals surface area contributed by atoms with E-state index in [1.165, 1.54) is 26.2 Å². The molecule has 0 bridgehead atoms. The van der Waals surface area contributed by atoms with Gasteiger partial charge in [0.2, 0.25) is 0 Å². The summed E-state index contributed by atoms with van der Waals surface area (Å²) < 4.78 is 33.1. The van der Waals surface area contributed by atoms with Gasteiger partial charge in [0.25, 0.3) is 7.82 Å². The smallest absolute Gasteiger partial charge is 0.303 e. The lowest BCUT2D eigenvalue weighted by Crippen LogP contribution is -2.37. The first-order valence-electron chi connectivity index (χ1n) is 16.0. The molecular weight excluding hydrogens is 565 g/mol. The maximum absolute atomic E-state index is 12.0. The minimum Gasteiger partial charge on any atom is -0.756 e. The fraction of sp³-hybridized carbons (Fsp3) is 0.676. The number of rotatable bonds is 28. The Labute approximate surface area is 262 Å². The van der Waals surface area contributed by atoms with Crippen LogP contribution >= 0.6 is 7.82 Å². The highest BCUT2D eigenvalue weighted by Gasteiger charge is 2.19. The highest BCUT2D eigenvalue weighted by molar-refractivity contribution is 7.45. The number of quaternary nitrogens is 1. The lowest BCUT2D eigenvalue weighted by atomic mass is 10.1. The van der Waals surface area contributed by atoms with Crippen molar-refractivity contribution in [1.82, 2.24) is 0 Å². The fourth-order valence-electron chi connectivity index (χ4n) is 3.75. The van der Waals surface area contributed by atoms with E-state index < -0.39 is 19.9 Å². The van der Waals surface area contributed by atoms with E-state index in [0.717, 1.165) is 57.8 Å². The molecule has 0 amide bonds. The fourth-order valence-corrected chi connectivity index (χ4v) is 4.47.